The Hall–Kier alpha value is -3.12. The van der Waals surface area contributed by atoms with E-state index in [1.807, 2.05) is 49.6 Å². The largest absolute Gasteiger partial charge is 0.491 e. The first-order chi connectivity index (χ1) is 13.1. The third kappa shape index (κ3) is 3.85. The molecule has 6 heteroatoms. The highest BCUT2D eigenvalue weighted by Crippen LogP contribution is 2.30. The van der Waals surface area contributed by atoms with Gasteiger partial charge in [0.25, 0.3) is 5.91 Å². The van der Waals surface area contributed by atoms with Crippen molar-refractivity contribution in [3.05, 3.63) is 65.5 Å². The number of furan rings is 1. The minimum atomic E-state index is -0.211. The van der Waals surface area contributed by atoms with Crippen molar-refractivity contribution in [2.75, 3.05) is 5.32 Å². The monoisotopic (exact) mass is 378 g/mol. The summed E-state index contributed by atoms with van der Waals surface area (Å²) in [6.45, 7) is 3.92. The van der Waals surface area contributed by atoms with Crippen LogP contribution in [-0.2, 0) is 0 Å². The molecule has 0 atom stereocenters. The average molecular weight is 378 g/mol. The van der Waals surface area contributed by atoms with Gasteiger partial charge in [0.1, 0.15) is 17.0 Å². The van der Waals surface area contributed by atoms with Gasteiger partial charge in [-0.25, -0.2) is 4.98 Å². The second-order valence-corrected chi connectivity index (χ2v) is 7.19. The van der Waals surface area contributed by atoms with Crippen LogP contribution in [0.25, 0.3) is 22.4 Å². The van der Waals surface area contributed by atoms with E-state index in [9.17, 15) is 4.79 Å². The van der Waals surface area contributed by atoms with Crippen LogP contribution in [0.4, 0.5) is 5.13 Å². The number of thiazole rings is 1. The summed E-state index contributed by atoms with van der Waals surface area (Å²) in [4.78, 5) is 16.9. The summed E-state index contributed by atoms with van der Waals surface area (Å²) in [6.07, 6.45) is 0.0941. The standard InChI is InChI=1S/C21H18N2O3S/c1-13(2)25-16-9-7-14(8-10-16)20(24)23-21-22-17(12-27-21)19-11-15-5-3-4-6-18(15)26-19/h3-13H,1-2H3,(H,22,23,24). The first-order valence-electron chi connectivity index (χ1n) is 8.61. The second kappa shape index (κ2) is 7.25. The molecule has 0 fully saturated rings. The molecule has 0 aliphatic heterocycles. The number of benzene rings is 2. The lowest BCUT2D eigenvalue weighted by Gasteiger charge is -2.09. The van der Waals surface area contributed by atoms with Crippen molar-refractivity contribution >= 4 is 33.3 Å². The maximum absolute atomic E-state index is 12.4. The Morgan fingerprint density at radius 3 is 2.67 bits per heavy atom. The molecule has 136 valence electrons. The summed E-state index contributed by atoms with van der Waals surface area (Å²) in [5.74, 6) is 1.21. The number of nitrogens with one attached hydrogen (secondary N) is 1. The Labute approximate surface area is 160 Å². The number of para-hydroxylation sites is 1. The van der Waals surface area contributed by atoms with Gasteiger partial charge in [-0.2, -0.15) is 0 Å². The Morgan fingerprint density at radius 2 is 1.93 bits per heavy atom. The van der Waals surface area contributed by atoms with Crippen molar-refractivity contribution in [2.45, 2.75) is 20.0 Å². The van der Waals surface area contributed by atoms with Gasteiger partial charge in [-0.05, 0) is 50.2 Å². The number of ether oxygens (including phenoxy) is 1. The van der Waals surface area contributed by atoms with E-state index in [1.165, 1.54) is 11.3 Å². The van der Waals surface area contributed by atoms with Crippen LogP contribution in [0.3, 0.4) is 0 Å². The van der Waals surface area contributed by atoms with Crippen molar-refractivity contribution in [3.8, 4) is 17.2 Å². The predicted octanol–water partition coefficient (Wildman–Crippen LogP) is 5.60. The number of hydrogen-bond donors (Lipinski definition) is 1. The molecule has 1 amide bonds. The average Bonchev–Trinajstić information content (AvgIpc) is 3.28. The molecule has 1 N–H and O–H groups in total. The predicted molar refractivity (Wildman–Crippen MR) is 107 cm³/mol. The van der Waals surface area contributed by atoms with E-state index < -0.39 is 0 Å². The molecule has 0 saturated heterocycles. The van der Waals surface area contributed by atoms with E-state index in [2.05, 4.69) is 10.3 Å². The third-order valence-corrected chi connectivity index (χ3v) is 4.65. The number of fused-ring (bicyclic) bond motifs is 1. The molecule has 0 aliphatic carbocycles. The van der Waals surface area contributed by atoms with Crippen LogP contribution in [0.1, 0.15) is 24.2 Å². The molecule has 4 rings (SSSR count). The number of carbonyl (C=O) groups excluding carboxylic acids is 1. The van der Waals surface area contributed by atoms with E-state index >= 15 is 0 Å². The molecule has 0 spiro atoms. The van der Waals surface area contributed by atoms with E-state index in [-0.39, 0.29) is 12.0 Å². The highest BCUT2D eigenvalue weighted by molar-refractivity contribution is 7.14. The molecule has 0 aliphatic rings. The maximum atomic E-state index is 12.4. The van der Waals surface area contributed by atoms with Crippen molar-refractivity contribution in [1.82, 2.24) is 4.98 Å². The van der Waals surface area contributed by atoms with Crippen LogP contribution in [-0.4, -0.2) is 17.0 Å². The third-order valence-electron chi connectivity index (χ3n) is 3.89. The van der Waals surface area contributed by atoms with E-state index in [1.54, 1.807) is 24.3 Å². The van der Waals surface area contributed by atoms with Gasteiger partial charge >= 0.3 is 0 Å². The zero-order valence-electron chi connectivity index (χ0n) is 14.9. The summed E-state index contributed by atoms with van der Waals surface area (Å²) >= 11 is 1.36. The number of nitrogens with zero attached hydrogens (tertiary/aromatic N) is 1. The van der Waals surface area contributed by atoms with Crippen molar-refractivity contribution in [1.29, 1.82) is 0 Å². The Balaban J connectivity index is 1.48. The van der Waals surface area contributed by atoms with Gasteiger partial charge in [0.2, 0.25) is 0 Å². The normalized spacial score (nSPS) is 11.1. The Morgan fingerprint density at radius 1 is 1.15 bits per heavy atom. The van der Waals surface area contributed by atoms with Crippen LogP contribution in [0, 0.1) is 0 Å². The van der Waals surface area contributed by atoms with E-state index in [0.717, 1.165) is 16.7 Å². The summed E-state index contributed by atoms with van der Waals surface area (Å²) in [7, 11) is 0. The molecule has 4 aromatic rings. The zero-order chi connectivity index (χ0) is 18.8. The molecule has 0 bridgehead atoms. The maximum Gasteiger partial charge on any atom is 0.257 e. The molecule has 0 radical (unpaired) electrons. The number of hydrogen-bond acceptors (Lipinski definition) is 5. The van der Waals surface area contributed by atoms with E-state index in [4.69, 9.17) is 9.15 Å². The fourth-order valence-corrected chi connectivity index (χ4v) is 3.37. The molecule has 5 nitrogen and oxygen atoms in total. The first kappa shape index (κ1) is 17.3. The lowest BCUT2D eigenvalue weighted by Crippen LogP contribution is -2.12. The molecular weight excluding hydrogens is 360 g/mol. The number of aromatic nitrogens is 1. The fraction of sp³-hybridized carbons (Fsp3) is 0.143. The van der Waals surface area contributed by atoms with Crippen molar-refractivity contribution < 1.29 is 13.9 Å². The highest BCUT2D eigenvalue weighted by atomic mass is 32.1. The van der Waals surface area contributed by atoms with Crippen LogP contribution in [0.2, 0.25) is 0 Å². The number of anilines is 1. The van der Waals surface area contributed by atoms with Crippen LogP contribution in [0.15, 0.2) is 64.4 Å². The quantitative estimate of drug-likeness (QED) is 0.491. The topological polar surface area (TPSA) is 64.4 Å². The van der Waals surface area contributed by atoms with Crippen molar-refractivity contribution in [3.63, 3.8) is 0 Å². The molecule has 27 heavy (non-hydrogen) atoms. The van der Waals surface area contributed by atoms with Crippen LogP contribution in [0.5, 0.6) is 5.75 Å². The number of rotatable bonds is 5. The highest BCUT2D eigenvalue weighted by Gasteiger charge is 2.13. The summed E-state index contributed by atoms with van der Waals surface area (Å²) < 4.78 is 11.4. The van der Waals surface area contributed by atoms with Gasteiger partial charge in [-0.15, -0.1) is 11.3 Å². The summed E-state index contributed by atoms with van der Waals surface area (Å²) in [5.41, 5.74) is 2.06. The first-order valence-corrected chi connectivity index (χ1v) is 9.49. The Bertz CT molecular complexity index is 1050. The minimum Gasteiger partial charge on any atom is -0.491 e. The van der Waals surface area contributed by atoms with Gasteiger partial charge in [0, 0.05) is 16.3 Å². The number of amides is 1. The molecule has 2 aromatic heterocycles. The van der Waals surface area contributed by atoms with E-state index in [0.29, 0.717) is 22.1 Å². The molecule has 2 aromatic carbocycles. The second-order valence-electron chi connectivity index (χ2n) is 6.33. The van der Waals surface area contributed by atoms with Gasteiger partial charge in [0.05, 0.1) is 6.10 Å². The molecular formula is C21H18N2O3S. The molecule has 2 heterocycles. The van der Waals surface area contributed by atoms with Gasteiger partial charge < -0.3 is 9.15 Å². The summed E-state index contributed by atoms with van der Waals surface area (Å²) in [6, 6.07) is 16.8. The summed E-state index contributed by atoms with van der Waals surface area (Å²) in [5, 5.41) is 6.25. The lowest BCUT2D eigenvalue weighted by molar-refractivity contribution is 0.102. The van der Waals surface area contributed by atoms with Crippen LogP contribution < -0.4 is 10.1 Å². The molecule has 0 saturated carbocycles. The SMILES string of the molecule is CC(C)Oc1ccc(C(=O)Nc2nc(-c3cc4ccccc4o3)cs2)cc1. The van der Waals surface area contributed by atoms with Crippen molar-refractivity contribution in [2.24, 2.45) is 0 Å². The van der Waals surface area contributed by atoms with Gasteiger partial charge in [-0.3, -0.25) is 10.1 Å². The Kier molecular flexibility index (Phi) is 4.64. The zero-order valence-corrected chi connectivity index (χ0v) is 15.7. The number of carbonyl (C=O) groups is 1. The van der Waals surface area contributed by atoms with Crippen LogP contribution >= 0.6 is 11.3 Å². The van der Waals surface area contributed by atoms with Gasteiger partial charge in [0.15, 0.2) is 10.9 Å². The fourth-order valence-electron chi connectivity index (χ4n) is 2.68. The minimum absolute atomic E-state index is 0.0941. The smallest absolute Gasteiger partial charge is 0.257 e. The lowest BCUT2D eigenvalue weighted by atomic mass is 10.2. The molecule has 0 unspecified atom stereocenters. The van der Waals surface area contributed by atoms with Gasteiger partial charge in [-0.1, -0.05) is 18.2 Å².